The van der Waals surface area contributed by atoms with Gasteiger partial charge in [0.05, 0.1) is 0 Å². The molecule has 0 aromatic carbocycles. The molecule has 0 unspecified atom stereocenters. The van der Waals surface area contributed by atoms with Crippen LogP contribution in [0.4, 0.5) is 0 Å². The van der Waals surface area contributed by atoms with Gasteiger partial charge in [0.25, 0.3) is 0 Å². The zero-order valence-corrected chi connectivity index (χ0v) is 7.06. The van der Waals surface area contributed by atoms with Crippen LogP contribution in [0, 0.1) is 0 Å². The lowest BCUT2D eigenvalue weighted by molar-refractivity contribution is 1.04. The van der Waals surface area contributed by atoms with Crippen LogP contribution in [0.25, 0.3) is 0 Å². The van der Waals surface area contributed by atoms with Crippen molar-refractivity contribution in [2.75, 3.05) is 0 Å². The van der Waals surface area contributed by atoms with Gasteiger partial charge in [-0.2, -0.15) is 0 Å². The van der Waals surface area contributed by atoms with Crippen molar-refractivity contribution in [3.05, 3.63) is 54.9 Å². The van der Waals surface area contributed by atoms with E-state index in [-0.39, 0.29) is 0 Å². The fourth-order valence-corrected chi connectivity index (χ4v) is 0.855. The van der Waals surface area contributed by atoms with E-state index in [0.29, 0.717) is 0 Å². The number of hydrogen-bond donors (Lipinski definition) is 0. The molecular weight excluding hydrogens is 146 g/mol. The molecule has 0 amide bonds. The molecule has 1 heterocycles. The molecule has 62 valence electrons. The van der Waals surface area contributed by atoms with Crippen LogP contribution in [-0.2, 0) is 0 Å². The Kier molecular flexibility index (Phi) is 4.61. The van der Waals surface area contributed by atoms with Gasteiger partial charge in [0.1, 0.15) is 0 Å². The minimum Gasteiger partial charge on any atom is -0.265 e. The Hall–Kier alpha value is -1.37. The molecule has 0 aliphatic heterocycles. The van der Waals surface area contributed by atoms with Crippen LogP contribution in [0.3, 0.4) is 0 Å². The second-order valence-electron chi connectivity index (χ2n) is 2.46. The van der Waals surface area contributed by atoms with E-state index in [2.05, 4.69) is 29.3 Å². The molecule has 0 bridgehead atoms. The Morgan fingerprint density at radius 1 is 0.750 bits per heavy atom. The SMILES string of the molecule is C1=CCCC=C1.c1ccncc1. The van der Waals surface area contributed by atoms with Gasteiger partial charge in [0.2, 0.25) is 0 Å². The van der Waals surface area contributed by atoms with Crippen LogP contribution in [-0.4, -0.2) is 4.98 Å². The third-order valence-electron chi connectivity index (χ3n) is 1.45. The van der Waals surface area contributed by atoms with E-state index < -0.39 is 0 Å². The van der Waals surface area contributed by atoms with Crippen LogP contribution < -0.4 is 0 Å². The van der Waals surface area contributed by atoms with Crippen molar-refractivity contribution < 1.29 is 0 Å². The summed E-state index contributed by atoms with van der Waals surface area (Å²) in [5.41, 5.74) is 0. The van der Waals surface area contributed by atoms with Gasteiger partial charge in [-0.3, -0.25) is 4.98 Å². The second-order valence-corrected chi connectivity index (χ2v) is 2.46. The molecule has 0 fully saturated rings. The summed E-state index contributed by atoms with van der Waals surface area (Å²) in [6.45, 7) is 0. The topological polar surface area (TPSA) is 12.9 Å². The van der Waals surface area contributed by atoms with Crippen LogP contribution in [0.15, 0.2) is 54.9 Å². The van der Waals surface area contributed by atoms with Crippen molar-refractivity contribution in [2.45, 2.75) is 12.8 Å². The molecule has 2 rings (SSSR count). The Labute approximate surface area is 73.5 Å². The molecule has 1 aromatic rings. The number of allylic oxidation sites excluding steroid dienone is 4. The maximum atomic E-state index is 3.78. The molecule has 0 saturated heterocycles. The summed E-state index contributed by atoms with van der Waals surface area (Å²) >= 11 is 0. The molecule has 0 atom stereocenters. The standard InChI is InChI=1S/C6H8.C5H5N/c2*1-2-4-6-5-3-1/h1-4H,5-6H2;1-5H. The molecule has 0 N–H and O–H groups in total. The van der Waals surface area contributed by atoms with E-state index >= 15 is 0 Å². The Bertz CT molecular complexity index is 198. The molecule has 0 saturated carbocycles. The Morgan fingerprint density at radius 3 is 1.50 bits per heavy atom. The molecule has 1 aliphatic carbocycles. The van der Waals surface area contributed by atoms with Gasteiger partial charge in [-0.05, 0) is 25.0 Å². The molecule has 0 radical (unpaired) electrons. The molecule has 12 heavy (non-hydrogen) atoms. The molecule has 1 aliphatic rings. The largest absolute Gasteiger partial charge is 0.265 e. The molecule has 1 nitrogen and oxygen atoms in total. The summed E-state index contributed by atoms with van der Waals surface area (Å²) in [5.74, 6) is 0. The third-order valence-corrected chi connectivity index (χ3v) is 1.45. The molecule has 0 spiro atoms. The van der Waals surface area contributed by atoms with Gasteiger partial charge in [-0.25, -0.2) is 0 Å². The lowest BCUT2D eigenvalue weighted by atomic mass is 10.2. The highest BCUT2D eigenvalue weighted by Gasteiger charge is 1.77. The quantitative estimate of drug-likeness (QED) is 0.567. The highest BCUT2D eigenvalue weighted by molar-refractivity contribution is 5.07. The third kappa shape index (κ3) is 4.45. The molecular formula is C11H13N. The van der Waals surface area contributed by atoms with Crippen molar-refractivity contribution in [1.29, 1.82) is 0 Å². The zero-order chi connectivity index (χ0) is 8.49. The highest BCUT2D eigenvalue weighted by atomic mass is 14.6. The van der Waals surface area contributed by atoms with Gasteiger partial charge >= 0.3 is 0 Å². The maximum Gasteiger partial charge on any atom is 0.0267 e. The van der Waals surface area contributed by atoms with E-state index in [4.69, 9.17) is 0 Å². The Balaban J connectivity index is 0.000000120. The number of pyridine rings is 1. The summed E-state index contributed by atoms with van der Waals surface area (Å²) in [4.78, 5) is 3.78. The predicted octanol–water partition coefficient (Wildman–Crippen LogP) is 2.97. The summed E-state index contributed by atoms with van der Waals surface area (Å²) in [7, 11) is 0. The Morgan fingerprint density at radius 2 is 1.33 bits per heavy atom. The normalized spacial score (nSPS) is 13.3. The van der Waals surface area contributed by atoms with E-state index in [1.54, 1.807) is 12.4 Å². The molecule has 1 aromatic heterocycles. The number of aromatic nitrogens is 1. The summed E-state index contributed by atoms with van der Waals surface area (Å²) < 4.78 is 0. The monoisotopic (exact) mass is 159 g/mol. The average molecular weight is 159 g/mol. The lowest BCUT2D eigenvalue weighted by Gasteiger charge is -1.88. The van der Waals surface area contributed by atoms with Crippen molar-refractivity contribution in [1.82, 2.24) is 4.98 Å². The van der Waals surface area contributed by atoms with E-state index in [0.717, 1.165) is 0 Å². The van der Waals surface area contributed by atoms with Gasteiger partial charge in [0, 0.05) is 12.4 Å². The van der Waals surface area contributed by atoms with Crippen molar-refractivity contribution >= 4 is 0 Å². The average Bonchev–Trinajstić information content (AvgIpc) is 2.24. The van der Waals surface area contributed by atoms with Gasteiger partial charge in [-0.1, -0.05) is 30.4 Å². The second kappa shape index (κ2) is 6.35. The van der Waals surface area contributed by atoms with Crippen molar-refractivity contribution in [3.8, 4) is 0 Å². The molecule has 1 heteroatoms. The summed E-state index contributed by atoms with van der Waals surface area (Å²) in [5, 5.41) is 0. The van der Waals surface area contributed by atoms with Gasteiger partial charge in [-0.15, -0.1) is 0 Å². The minimum absolute atomic E-state index is 1.23. The van der Waals surface area contributed by atoms with Crippen LogP contribution in [0.2, 0.25) is 0 Å². The van der Waals surface area contributed by atoms with Crippen molar-refractivity contribution in [2.24, 2.45) is 0 Å². The number of nitrogens with zero attached hydrogens (tertiary/aromatic N) is 1. The summed E-state index contributed by atoms with van der Waals surface area (Å²) in [6, 6.07) is 5.72. The first-order valence-corrected chi connectivity index (χ1v) is 4.17. The van der Waals surface area contributed by atoms with Gasteiger partial charge in [0.15, 0.2) is 0 Å². The first-order chi connectivity index (χ1) is 6.00. The number of rotatable bonds is 0. The van der Waals surface area contributed by atoms with E-state index in [1.165, 1.54) is 12.8 Å². The summed E-state index contributed by atoms with van der Waals surface area (Å²) in [6.07, 6.45) is 14.5. The first kappa shape index (κ1) is 8.72. The maximum absolute atomic E-state index is 3.78. The lowest BCUT2D eigenvalue weighted by Crippen LogP contribution is -1.67. The highest BCUT2D eigenvalue weighted by Crippen LogP contribution is 1.98. The fourth-order valence-electron chi connectivity index (χ4n) is 0.855. The van der Waals surface area contributed by atoms with Crippen LogP contribution in [0.1, 0.15) is 12.8 Å². The van der Waals surface area contributed by atoms with Gasteiger partial charge < -0.3 is 0 Å². The van der Waals surface area contributed by atoms with Crippen molar-refractivity contribution in [3.63, 3.8) is 0 Å². The predicted molar refractivity (Wildman–Crippen MR) is 51.8 cm³/mol. The van der Waals surface area contributed by atoms with Crippen LogP contribution in [0.5, 0.6) is 0 Å². The smallest absolute Gasteiger partial charge is 0.0267 e. The van der Waals surface area contributed by atoms with E-state index in [1.807, 2.05) is 18.2 Å². The number of hydrogen-bond acceptors (Lipinski definition) is 1. The zero-order valence-electron chi connectivity index (χ0n) is 7.06. The van der Waals surface area contributed by atoms with E-state index in [9.17, 15) is 0 Å². The fraction of sp³-hybridized carbons (Fsp3) is 0.182. The minimum atomic E-state index is 1.23. The van der Waals surface area contributed by atoms with Crippen LogP contribution >= 0.6 is 0 Å². The first-order valence-electron chi connectivity index (χ1n) is 4.17.